The number of carboxylic acids is 1. The molecule has 2 unspecified atom stereocenters. The van der Waals surface area contributed by atoms with Gasteiger partial charge in [-0.1, -0.05) is 28.1 Å². The molecule has 0 bridgehead atoms. The zero-order valence-corrected chi connectivity index (χ0v) is 13.8. The van der Waals surface area contributed by atoms with E-state index in [1.165, 1.54) is 0 Å². The number of hydrogen-bond acceptors (Lipinski definition) is 2. The van der Waals surface area contributed by atoms with Gasteiger partial charge in [-0.05, 0) is 44.4 Å². The Balaban J connectivity index is 2.53. The monoisotopic (exact) mass is 353 g/mol. The Morgan fingerprint density at radius 3 is 2.71 bits per heavy atom. The molecule has 114 valence electrons. The van der Waals surface area contributed by atoms with E-state index in [9.17, 15) is 14.7 Å². The fourth-order valence-electron chi connectivity index (χ4n) is 3.06. The second-order valence-corrected chi connectivity index (χ2v) is 6.65. The molecule has 0 radical (unpaired) electrons. The van der Waals surface area contributed by atoms with Crippen LogP contribution in [0.25, 0.3) is 0 Å². The van der Waals surface area contributed by atoms with Crippen molar-refractivity contribution in [2.45, 2.75) is 45.2 Å². The maximum absolute atomic E-state index is 12.4. The molecule has 1 saturated heterocycles. The number of likely N-dealkylation sites (tertiary alicyclic amines) is 1. The van der Waals surface area contributed by atoms with E-state index >= 15 is 0 Å². The first-order chi connectivity index (χ1) is 9.91. The van der Waals surface area contributed by atoms with Crippen molar-refractivity contribution in [1.82, 2.24) is 4.90 Å². The largest absolute Gasteiger partial charge is 0.481 e. The molecule has 0 aromatic heterocycles. The SMILES string of the molecule is CC(C)N1C(=O)CCCC(C(=O)O)C1c1cccc(Br)c1. The Labute approximate surface area is 133 Å². The van der Waals surface area contributed by atoms with Crippen molar-refractivity contribution >= 4 is 27.8 Å². The molecule has 4 nitrogen and oxygen atoms in total. The lowest BCUT2D eigenvalue weighted by molar-refractivity contribution is -0.147. The first-order valence-electron chi connectivity index (χ1n) is 7.21. The molecule has 1 aliphatic heterocycles. The Kier molecular flexibility index (Phi) is 5.04. The summed E-state index contributed by atoms with van der Waals surface area (Å²) in [5.74, 6) is -1.35. The lowest BCUT2D eigenvalue weighted by Crippen LogP contribution is -2.43. The van der Waals surface area contributed by atoms with Crippen LogP contribution in [0.15, 0.2) is 28.7 Å². The van der Waals surface area contributed by atoms with E-state index in [2.05, 4.69) is 15.9 Å². The van der Waals surface area contributed by atoms with E-state index in [0.717, 1.165) is 10.0 Å². The highest BCUT2D eigenvalue weighted by atomic mass is 79.9. The quantitative estimate of drug-likeness (QED) is 0.902. The molecular formula is C16H20BrNO3. The van der Waals surface area contributed by atoms with Crippen molar-refractivity contribution in [1.29, 1.82) is 0 Å². The Morgan fingerprint density at radius 1 is 1.43 bits per heavy atom. The molecular weight excluding hydrogens is 334 g/mol. The predicted molar refractivity (Wildman–Crippen MR) is 83.8 cm³/mol. The van der Waals surface area contributed by atoms with Gasteiger partial charge < -0.3 is 10.0 Å². The standard InChI is InChI=1S/C16H20BrNO3/c1-10(2)18-14(19)8-4-7-13(16(20)21)15(18)11-5-3-6-12(17)9-11/h3,5-6,9-10,13,15H,4,7-8H2,1-2H3,(H,20,21). The molecule has 2 atom stereocenters. The number of carbonyl (C=O) groups is 2. The number of carboxylic acid groups (broad SMARTS) is 1. The van der Waals surface area contributed by atoms with Crippen LogP contribution in [0.2, 0.25) is 0 Å². The summed E-state index contributed by atoms with van der Waals surface area (Å²) in [5, 5.41) is 9.60. The van der Waals surface area contributed by atoms with Crippen LogP contribution >= 0.6 is 15.9 Å². The molecule has 0 aliphatic carbocycles. The van der Waals surface area contributed by atoms with Gasteiger partial charge in [-0.25, -0.2) is 0 Å². The van der Waals surface area contributed by atoms with Gasteiger partial charge in [-0.3, -0.25) is 9.59 Å². The van der Waals surface area contributed by atoms with Gasteiger partial charge in [0.1, 0.15) is 0 Å². The van der Waals surface area contributed by atoms with E-state index < -0.39 is 17.9 Å². The zero-order valence-electron chi connectivity index (χ0n) is 12.3. The minimum Gasteiger partial charge on any atom is -0.481 e. The normalized spacial score (nSPS) is 23.2. The summed E-state index contributed by atoms with van der Waals surface area (Å²) < 4.78 is 0.893. The summed E-state index contributed by atoms with van der Waals surface area (Å²) in [6, 6.07) is 7.16. The summed E-state index contributed by atoms with van der Waals surface area (Å²) in [4.78, 5) is 25.9. The van der Waals surface area contributed by atoms with Gasteiger partial charge >= 0.3 is 5.97 Å². The van der Waals surface area contributed by atoms with E-state index in [1.54, 1.807) is 4.90 Å². The maximum Gasteiger partial charge on any atom is 0.308 e. The minimum atomic E-state index is -0.833. The van der Waals surface area contributed by atoms with Crippen molar-refractivity contribution in [3.63, 3.8) is 0 Å². The first kappa shape index (κ1) is 16.0. The van der Waals surface area contributed by atoms with Gasteiger partial charge in [0.05, 0.1) is 12.0 Å². The third kappa shape index (κ3) is 3.46. The van der Waals surface area contributed by atoms with Crippen molar-refractivity contribution < 1.29 is 14.7 Å². The Hall–Kier alpha value is -1.36. The van der Waals surface area contributed by atoms with Gasteiger partial charge in [-0.2, -0.15) is 0 Å². The van der Waals surface area contributed by atoms with Gasteiger partial charge in [0.25, 0.3) is 0 Å². The van der Waals surface area contributed by atoms with Crippen molar-refractivity contribution in [3.05, 3.63) is 34.3 Å². The molecule has 21 heavy (non-hydrogen) atoms. The number of rotatable bonds is 3. The molecule has 1 N–H and O–H groups in total. The highest BCUT2D eigenvalue weighted by Crippen LogP contribution is 2.37. The van der Waals surface area contributed by atoms with Gasteiger partial charge in [0, 0.05) is 16.9 Å². The zero-order chi connectivity index (χ0) is 15.6. The summed E-state index contributed by atoms with van der Waals surface area (Å²) in [5.41, 5.74) is 0.876. The van der Waals surface area contributed by atoms with E-state index in [1.807, 2.05) is 38.1 Å². The second-order valence-electron chi connectivity index (χ2n) is 5.73. The third-order valence-corrected chi connectivity index (χ3v) is 4.43. The van der Waals surface area contributed by atoms with Crippen LogP contribution in [-0.2, 0) is 9.59 Å². The molecule has 1 aliphatic rings. The van der Waals surface area contributed by atoms with Crippen LogP contribution in [0.1, 0.15) is 44.7 Å². The smallest absolute Gasteiger partial charge is 0.308 e. The molecule has 1 aromatic carbocycles. The van der Waals surface area contributed by atoms with Gasteiger partial charge in [0.2, 0.25) is 5.91 Å². The first-order valence-corrected chi connectivity index (χ1v) is 8.00. The minimum absolute atomic E-state index is 0.0265. The van der Waals surface area contributed by atoms with Gasteiger partial charge in [0.15, 0.2) is 0 Å². The molecule has 0 spiro atoms. The predicted octanol–water partition coefficient (Wildman–Crippen LogP) is 3.61. The van der Waals surface area contributed by atoms with Crippen LogP contribution < -0.4 is 0 Å². The highest BCUT2D eigenvalue weighted by Gasteiger charge is 2.39. The maximum atomic E-state index is 12.4. The number of nitrogens with zero attached hydrogens (tertiary/aromatic N) is 1. The van der Waals surface area contributed by atoms with Crippen molar-refractivity contribution in [3.8, 4) is 0 Å². The van der Waals surface area contributed by atoms with Crippen molar-refractivity contribution in [2.75, 3.05) is 0 Å². The molecule has 1 aromatic rings. The third-order valence-electron chi connectivity index (χ3n) is 3.94. The highest BCUT2D eigenvalue weighted by molar-refractivity contribution is 9.10. The summed E-state index contributed by atoms with van der Waals surface area (Å²) >= 11 is 3.43. The molecule has 2 rings (SSSR count). The van der Waals surface area contributed by atoms with E-state index in [0.29, 0.717) is 19.3 Å². The molecule has 1 heterocycles. The number of hydrogen-bond donors (Lipinski definition) is 1. The summed E-state index contributed by atoms with van der Waals surface area (Å²) in [6.45, 7) is 3.88. The van der Waals surface area contributed by atoms with Crippen molar-refractivity contribution in [2.24, 2.45) is 5.92 Å². The number of carbonyl (C=O) groups excluding carboxylic acids is 1. The number of benzene rings is 1. The van der Waals surface area contributed by atoms with E-state index in [4.69, 9.17) is 0 Å². The van der Waals surface area contributed by atoms with Crippen LogP contribution in [0, 0.1) is 5.92 Å². The van der Waals surface area contributed by atoms with Crippen LogP contribution in [-0.4, -0.2) is 27.9 Å². The number of aliphatic carboxylic acids is 1. The average molecular weight is 354 g/mol. The lowest BCUT2D eigenvalue weighted by atomic mass is 9.88. The number of amides is 1. The molecule has 5 heteroatoms. The molecule has 0 saturated carbocycles. The molecule has 1 fully saturated rings. The summed E-state index contributed by atoms with van der Waals surface area (Å²) in [7, 11) is 0. The van der Waals surface area contributed by atoms with Crippen LogP contribution in [0.5, 0.6) is 0 Å². The van der Waals surface area contributed by atoms with Crippen LogP contribution in [0.3, 0.4) is 0 Å². The molecule has 1 amide bonds. The number of halogens is 1. The summed E-state index contributed by atoms with van der Waals surface area (Å²) in [6.07, 6.45) is 1.58. The fourth-order valence-corrected chi connectivity index (χ4v) is 3.48. The average Bonchev–Trinajstić information content (AvgIpc) is 2.57. The van der Waals surface area contributed by atoms with Crippen LogP contribution in [0.4, 0.5) is 0 Å². The van der Waals surface area contributed by atoms with E-state index in [-0.39, 0.29) is 11.9 Å². The van der Waals surface area contributed by atoms with Gasteiger partial charge in [-0.15, -0.1) is 0 Å². The Morgan fingerprint density at radius 2 is 2.14 bits per heavy atom. The Bertz CT molecular complexity index is 544. The lowest BCUT2D eigenvalue weighted by Gasteiger charge is -2.37. The second kappa shape index (κ2) is 6.60. The fraction of sp³-hybridized carbons (Fsp3) is 0.500. The topological polar surface area (TPSA) is 57.6 Å².